The number of aryl methyl sites for hydroxylation is 2. The first-order valence-corrected chi connectivity index (χ1v) is 8.60. The fourth-order valence-electron chi connectivity index (χ4n) is 2.07. The Morgan fingerprint density at radius 1 is 1.00 bits per heavy atom. The molecule has 4 aromatic rings. The number of nitrogens with one attached hydrogen (secondary N) is 2. The van der Waals surface area contributed by atoms with Crippen molar-refractivity contribution in [1.82, 2.24) is 19.9 Å². The monoisotopic (exact) mass is 366 g/mol. The Balaban J connectivity index is 0.000000136. The van der Waals surface area contributed by atoms with Crippen molar-refractivity contribution in [2.24, 2.45) is 0 Å². The average Bonchev–Trinajstić information content (AvgIpc) is 3.03. The number of aromatic amines is 2. The number of rotatable bonds is 0. The summed E-state index contributed by atoms with van der Waals surface area (Å²) in [6.07, 6.45) is 2.82. The highest BCUT2D eigenvalue weighted by molar-refractivity contribution is 7.22. The average molecular weight is 367 g/mol. The van der Waals surface area contributed by atoms with Gasteiger partial charge in [0.1, 0.15) is 9.66 Å². The van der Waals surface area contributed by atoms with Gasteiger partial charge in [-0.2, -0.15) is 0 Å². The van der Waals surface area contributed by atoms with Crippen molar-refractivity contribution in [3.05, 3.63) is 54.2 Å². The molecular weight excluding hydrogens is 356 g/mol. The van der Waals surface area contributed by atoms with Crippen molar-refractivity contribution in [2.45, 2.75) is 13.8 Å². The van der Waals surface area contributed by atoms with Gasteiger partial charge in [-0.15, -0.1) is 22.7 Å². The predicted octanol–water partition coefficient (Wildman–Crippen LogP) is 3.24. The normalized spacial score (nSPS) is 10.7. The summed E-state index contributed by atoms with van der Waals surface area (Å²) in [4.78, 5) is 37.0. The van der Waals surface area contributed by atoms with E-state index in [0.717, 1.165) is 21.3 Å². The van der Waals surface area contributed by atoms with Crippen molar-refractivity contribution >= 4 is 54.7 Å². The van der Waals surface area contributed by atoms with Crippen LogP contribution >= 0.6 is 34.3 Å². The molecule has 0 saturated heterocycles. The number of hydrogen-bond acceptors (Lipinski definition) is 6. The fourth-order valence-corrected chi connectivity index (χ4v) is 4.16. The molecule has 118 valence electrons. The van der Waals surface area contributed by atoms with E-state index in [1.54, 1.807) is 0 Å². The first-order chi connectivity index (χ1) is 11.0. The molecule has 4 rings (SSSR count). The van der Waals surface area contributed by atoms with Crippen molar-refractivity contribution in [2.75, 3.05) is 0 Å². The number of fused-ring (bicyclic) bond motifs is 2. The molecule has 0 aliphatic heterocycles. The first-order valence-electron chi connectivity index (χ1n) is 6.52. The summed E-state index contributed by atoms with van der Waals surface area (Å²) in [5.41, 5.74) is 1.64. The summed E-state index contributed by atoms with van der Waals surface area (Å²) in [6.45, 7) is 3.73. The third-order valence-electron chi connectivity index (χ3n) is 3.23. The van der Waals surface area contributed by atoms with Crippen LogP contribution in [0, 0.1) is 13.8 Å². The van der Waals surface area contributed by atoms with Gasteiger partial charge in [0, 0.05) is 0 Å². The van der Waals surface area contributed by atoms with Gasteiger partial charge in [-0.05, 0) is 30.4 Å². The zero-order valence-electron chi connectivity index (χ0n) is 12.1. The molecule has 0 radical (unpaired) electrons. The van der Waals surface area contributed by atoms with E-state index in [1.165, 1.54) is 35.3 Å². The molecule has 0 aliphatic carbocycles. The van der Waals surface area contributed by atoms with E-state index in [9.17, 15) is 9.59 Å². The SMILES string of the molecule is Cc1c(Cl)sc2nc[nH]c(=O)c12.Cc1csc2nc[nH]c(=O)c12. The molecule has 0 aliphatic rings. The van der Waals surface area contributed by atoms with Gasteiger partial charge < -0.3 is 9.97 Å². The van der Waals surface area contributed by atoms with Crippen molar-refractivity contribution in [3.63, 3.8) is 0 Å². The minimum absolute atomic E-state index is 0.0475. The van der Waals surface area contributed by atoms with Crippen LogP contribution in [0.15, 0.2) is 27.6 Å². The molecule has 2 N–H and O–H groups in total. The molecule has 9 heteroatoms. The summed E-state index contributed by atoms with van der Waals surface area (Å²) < 4.78 is 0.634. The second-order valence-corrected chi connectivity index (χ2v) is 7.20. The molecule has 0 unspecified atom stereocenters. The van der Waals surface area contributed by atoms with Crippen LogP contribution in [-0.2, 0) is 0 Å². The first kappa shape index (κ1) is 15.9. The van der Waals surface area contributed by atoms with Gasteiger partial charge in [-0.3, -0.25) is 9.59 Å². The smallest absolute Gasteiger partial charge is 0.259 e. The van der Waals surface area contributed by atoms with E-state index < -0.39 is 0 Å². The molecule has 0 amide bonds. The van der Waals surface area contributed by atoms with Crippen LogP contribution in [0.4, 0.5) is 0 Å². The summed E-state index contributed by atoms with van der Waals surface area (Å²) in [5.74, 6) is 0. The van der Waals surface area contributed by atoms with Crippen molar-refractivity contribution in [1.29, 1.82) is 0 Å². The Morgan fingerprint density at radius 2 is 1.61 bits per heavy atom. The molecule has 0 fully saturated rings. The molecule has 6 nitrogen and oxygen atoms in total. The highest BCUT2D eigenvalue weighted by atomic mass is 35.5. The molecule has 0 spiro atoms. The van der Waals surface area contributed by atoms with Gasteiger partial charge in [0.05, 0.1) is 27.8 Å². The summed E-state index contributed by atoms with van der Waals surface area (Å²) in [5, 5.41) is 3.26. The van der Waals surface area contributed by atoms with Crippen LogP contribution in [0.5, 0.6) is 0 Å². The van der Waals surface area contributed by atoms with Crippen LogP contribution in [0.3, 0.4) is 0 Å². The summed E-state index contributed by atoms with van der Waals surface area (Å²) in [6, 6.07) is 0. The highest BCUT2D eigenvalue weighted by Gasteiger charge is 2.09. The van der Waals surface area contributed by atoms with E-state index >= 15 is 0 Å². The topological polar surface area (TPSA) is 91.5 Å². The Hall–Kier alpha value is -2.03. The maximum atomic E-state index is 11.3. The standard InChI is InChI=1S/C7H5ClN2OS.C7H6N2OS/c1-3-4-6(11)9-2-10-7(4)12-5(3)8;1-4-2-11-7-5(4)6(10)8-3-9-7/h2H,1H3,(H,9,10,11);2-3H,1H3,(H,8,9,10). The maximum Gasteiger partial charge on any atom is 0.259 e. The van der Waals surface area contributed by atoms with E-state index in [-0.39, 0.29) is 11.1 Å². The number of nitrogens with zero attached hydrogens (tertiary/aromatic N) is 2. The fraction of sp³-hybridized carbons (Fsp3) is 0.143. The van der Waals surface area contributed by atoms with Crippen LogP contribution in [0.2, 0.25) is 4.34 Å². The molecule has 4 aromatic heterocycles. The van der Waals surface area contributed by atoms with Gasteiger partial charge in [0.15, 0.2) is 0 Å². The Labute approximate surface area is 142 Å². The lowest BCUT2D eigenvalue weighted by atomic mass is 10.3. The summed E-state index contributed by atoms with van der Waals surface area (Å²) in [7, 11) is 0. The van der Waals surface area contributed by atoms with E-state index in [4.69, 9.17) is 11.6 Å². The van der Waals surface area contributed by atoms with Crippen molar-refractivity contribution in [3.8, 4) is 0 Å². The zero-order chi connectivity index (χ0) is 16.6. The van der Waals surface area contributed by atoms with Crippen LogP contribution in [0.25, 0.3) is 20.4 Å². The number of H-pyrrole nitrogens is 2. The van der Waals surface area contributed by atoms with Gasteiger partial charge >= 0.3 is 0 Å². The van der Waals surface area contributed by atoms with E-state index in [1.807, 2.05) is 19.2 Å². The van der Waals surface area contributed by atoms with E-state index in [2.05, 4.69) is 19.9 Å². The lowest BCUT2D eigenvalue weighted by Gasteiger charge is -1.86. The maximum absolute atomic E-state index is 11.3. The van der Waals surface area contributed by atoms with Crippen LogP contribution in [-0.4, -0.2) is 19.9 Å². The molecule has 0 aromatic carbocycles. The Bertz CT molecular complexity index is 1110. The lowest BCUT2D eigenvalue weighted by Crippen LogP contribution is -2.05. The molecule has 4 heterocycles. The lowest BCUT2D eigenvalue weighted by molar-refractivity contribution is 1.18. The second-order valence-electron chi connectivity index (χ2n) is 4.74. The number of aromatic nitrogens is 4. The van der Waals surface area contributed by atoms with Gasteiger partial charge in [-0.25, -0.2) is 9.97 Å². The molecule has 0 saturated carbocycles. The second kappa shape index (κ2) is 6.23. The molecule has 0 bridgehead atoms. The minimum atomic E-state index is -0.124. The van der Waals surface area contributed by atoms with Crippen LogP contribution in [0.1, 0.15) is 11.1 Å². The third-order valence-corrected chi connectivity index (χ3v) is 5.74. The predicted molar refractivity (Wildman–Crippen MR) is 95.0 cm³/mol. The zero-order valence-corrected chi connectivity index (χ0v) is 14.5. The number of halogens is 1. The van der Waals surface area contributed by atoms with Gasteiger partial charge in [0.2, 0.25) is 0 Å². The van der Waals surface area contributed by atoms with Gasteiger partial charge in [-0.1, -0.05) is 11.6 Å². The molecule has 23 heavy (non-hydrogen) atoms. The quantitative estimate of drug-likeness (QED) is 0.499. The Morgan fingerprint density at radius 3 is 2.22 bits per heavy atom. The van der Waals surface area contributed by atoms with Crippen molar-refractivity contribution < 1.29 is 0 Å². The molecular formula is C14H11ClN4O2S2. The third kappa shape index (κ3) is 2.92. The van der Waals surface area contributed by atoms with E-state index in [0.29, 0.717) is 14.6 Å². The largest absolute Gasteiger partial charge is 0.313 e. The number of hydrogen-bond donors (Lipinski definition) is 2. The minimum Gasteiger partial charge on any atom is -0.313 e. The number of thiophene rings is 2. The Kier molecular flexibility index (Phi) is 4.29. The highest BCUT2D eigenvalue weighted by Crippen LogP contribution is 2.30. The van der Waals surface area contributed by atoms with Crippen LogP contribution < -0.4 is 11.1 Å². The van der Waals surface area contributed by atoms with Gasteiger partial charge in [0.25, 0.3) is 11.1 Å². The summed E-state index contributed by atoms with van der Waals surface area (Å²) >= 11 is 8.67. The molecule has 0 atom stereocenters.